The molecule has 0 heterocycles. The number of hydrogen-bond acceptors (Lipinski definition) is 2. The molecule has 0 aromatic heterocycles. The Morgan fingerprint density at radius 3 is 2.33 bits per heavy atom. The predicted octanol–water partition coefficient (Wildman–Crippen LogP) is 0.828. The number of nitrogens with zero attached hydrogens (tertiary/aromatic N) is 1. The van der Waals surface area contributed by atoms with E-state index in [0.29, 0.717) is 6.04 Å². The van der Waals surface area contributed by atoms with Crippen LogP contribution in [0.1, 0.15) is 20.8 Å². The normalized spacial score (nSPS) is 9.78. The third kappa shape index (κ3) is 3.08. The molecule has 3 nitrogen and oxygen atoms in total. The molecular formula is C6H15N3. The zero-order chi connectivity index (χ0) is 7.28. The van der Waals surface area contributed by atoms with Gasteiger partial charge in [-0.2, -0.15) is 0 Å². The van der Waals surface area contributed by atoms with E-state index in [1.54, 1.807) is 5.01 Å². The van der Waals surface area contributed by atoms with Gasteiger partial charge in [0.15, 0.2) is 0 Å². The van der Waals surface area contributed by atoms with Gasteiger partial charge in [-0.15, -0.1) is 0 Å². The van der Waals surface area contributed by atoms with Crippen molar-refractivity contribution in [3.63, 3.8) is 0 Å². The molecule has 0 aromatic carbocycles. The predicted molar refractivity (Wildman–Crippen MR) is 39.4 cm³/mol. The first-order valence-electron chi connectivity index (χ1n) is 3.24. The minimum absolute atomic E-state index is 0.363. The highest BCUT2D eigenvalue weighted by molar-refractivity contribution is 5.50. The fraction of sp³-hybridized carbons (Fsp3) is 0.833. The average molecular weight is 129 g/mol. The van der Waals surface area contributed by atoms with Gasteiger partial charge in [-0.1, -0.05) is 6.92 Å². The molecule has 0 atom stereocenters. The van der Waals surface area contributed by atoms with E-state index in [9.17, 15) is 0 Å². The van der Waals surface area contributed by atoms with E-state index in [1.165, 1.54) is 6.34 Å². The summed E-state index contributed by atoms with van der Waals surface area (Å²) in [6.45, 7) is 6.95. The second kappa shape index (κ2) is 4.32. The zero-order valence-corrected chi connectivity index (χ0v) is 6.31. The van der Waals surface area contributed by atoms with Gasteiger partial charge in [-0.25, -0.2) is 5.43 Å². The summed E-state index contributed by atoms with van der Waals surface area (Å²) in [5.74, 6) is 0. The molecule has 9 heavy (non-hydrogen) atoms. The summed E-state index contributed by atoms with van der Waals surface area (Å²) >= 11 is 0. The standard InChI is InChI=1S/C6H15N3/c1-4-8-9(5-7)6(2)3/h5-8H,4H2,1-3H3. The molecular weight excluding hydrogens is 114 g/mol. The largest absolute Gasteiger partial charge is 0.296 e. The number of hydrogen-bond donors (Lipinski definition) is 2. The van der Waals surface area contributed by atoms with Crippen LogP contribution in [0.2, 0.25) is 0 Å². The Bertz CT molecular complexity index is 80.4. The van der Waals surface area contributed by atoms with Crippen LogP contribution in [-0.4, -0.2) is 23.9 Å². The highest BCUT2D eigenvalue weighted by atomic mass is 15.5. The van der Waals surface area contributed by atoms with Crippen LogP contribution >= 0.6 is 0 Å². The summed E-state index contributed by atoms with van der Waals surface area (Å²) in [6.07, 6.45) is 1.30. The first kappa shape index (κ1) is 8.43. The molecule has 0 aliphatic carbocycles. The first-order valence-corrected chi connectivity index (χ1v) is 3.24. The maximum absolute atomic E-state index is 6.93. The van der Waals surface area contributed by atoms with Crippen LogP contribution in [0.15, 0.2) is 0 Å². The molecule has 2 N–H and O–H groups in total. The van der Waals surface area contributed by atoms with Crippen LogP contribution in [0.4, 0.5) is 0 Å². The lowest BCUT2D eigenvalue weighted by molar-refractivity contribution is 0.269. The minimum Gasteiger partial charge on any atom is -0.296 e. The van der Waals surface area contributed by atoms with E-state index >= 15 is 0 Å². The fourth-order valence-corrected chi connectivity index (χ4v) is 0.560. The number of rotatable bonds is 4. The van der Waals surface area contributed by atoms with Crippen molar-refractivity contribution >= 4 is 6.34 Å². The van der Waals surface area contributed by atoms with Gasteiger partial charge in [0, 0.05) is 12.6 Å². The van der Waals surface area contributed by atoms with E-state index in [0.717, 1.165) is 6.54 Å². The third-order valence-electron chi connectivity index (χ3n) is 1.04. The van der Waals surface area contributed by atoms with Crippen molar-refractivity contribution < 1.29 is 0 Å². The molecule has 0 saturated carbocycles. The monoisotopic (exact) mass is 129 g/mol. The van der Waals surface area contributed by atoms with Gasteiger partial charge in [0.1, 0.15) is 0 Å². The lowest BCUT2D eigenvalue weighted by Gasteiger charge is -2.22. The molecule has 0 aliphatic rings. The van der Waals surface area contributed by atoms with Crippen molar-refractivity contribution in [1.29, 1.82) is 5.41 Å². The Labute approximate surface area is 56.5 Å². The van der Waals surface area contributed by atoms with E-state index in [4.69, 9.17) is 5.41 Å². The van der Waals surface area contributed by atoms with Gasteiger partial charge in [0.2, 0.25) is 0 Å². The van der Waals surface area contributed by atoms with Crippen LogP contribution in [0.3, 0.4) is 0 Å². The molecule has 0 radical (unpaired) electrons. The van der Waals surface area contributed by atoms with Crippen LogP contribution in [0, 0.1) is 5.41 Å². The number of hydrazine groups is 1. The summed E-state index contributed by atoms with van der Waals surface area (Å²) in [5, 5.41) is 8.70. The molecule has 0 rings (SSSR count). The lowest BCUT2D eigenvalue weighted by Crippen LogP contribution is -2.41. The lowest BCUT2D eigenvalue weighted by atomic mass is 10.4. The molecule has 0 fully saturated rings. The van der Waals surface area contributed by atoms with Crippen molar-refractivity contribution in [3.05, 3.63) is 0 Å². The fourth-order valence-electron chi connectivity index (χ4n) is 0.560. The maximum Gasteiger partial charge on any atom is 0.0963 e. The molecule has 0 aliphatic heterocycles. The van der Waals surface area contributed by atoms with Crippen molar-refractivity contribution in [2.45, 2.75) is 26.8 Å². The molecule has 0 spiro atoms. The van der Waals surface area contributed by atoms with Gasteiger partial charge < -0.3 is 0 Å². The minimum atomic E-state index is 0.363. The van der Waals surface area contributed by atoms with Crippen molar-refractivity contribution in [3.8, 4) is 0 Å². The third-order valence-corrected chi connectivity index (χ3v) is 1.04. The van der Waals surface area contributed by atoms with Crippen molar-refractivity contribution in [2.24, 2.45) is 0 Å². The first-order chi connectivity index (χ1) is 4.22. The Kier molecular flexibility index (Phi) is 4.05. The Morgan fingerprint density at radius 1 is 1.67 bits per heavy atom. The smallest absolute Gasteiger partial charge is 0.0963 e. The molecule has 0 aromatic rings. The number of nitrogens with one attached hydrogen (secondary N) is 2. The van der Waals surface area contributed by atoms with Crippen LogP contribution in [0.25, 0.3) is 0 Å². The van der Waals surface area contributed by atoms with Crippen molar-refractivity contribution in [1.82, 2.24) is 10.4 Å². The van der Waals surface area contributed by atoms with E-state index in [-0.39, 0.29) is 0 Å². The topological polar surface area (TPSA) is 39.1 Å². The highest BCUT2D eigenvalue weighted by Crippen LogP contribution is 1.86. The van der Waals surface area contributed by atoms with E-state index < -0.39 is 0 Å². The molecule has 3 heteroatoms. The Morgan fingerprint density at radius 2 is 2.22 bits per heavy atom. The highest BCUT2D eigenvalue weighted by Gasteiger charge is 1.99. The van der Waals surface area contributed by atoms with E-state index in [1.807, 2.05) is 20.8 Å². The molecule has 0 bridgehead atoms. The Hall–Kier alpha value is -0.570. The molecule has 0 saturated heterocycles. The van der Waals surface area contributed by atoms with Gasteiger partial charge >= 0.3 is 0 Å². The Balaban J connectivity index is 3.54. The summed E-state index contributed by atoms with van der Waals surface area (Å²) in [4.78, 5) is 0. The van der Waals surface area contributed by atoms with Crippen LogP contribution < -0.4 is 5.43 Å². The second-order valence-electron chi connectivity index (χ2n) is 2.14. The van der Waals surface area contributed by atoms with Gasteiger partial charge in [-0.3, -0.25) is 10.4 Å². The SMILES string of the molecule is CCNN(C=N)C(C)C. The zero-order valence-electron chi connectivity index (χ0n) is 6.31. The summed E-state index contributed by atoms with van der Waals surface area (Å²) in [6, 6.07) is 0.363. The maximum atomic E-state index is 6.93. The van der Waals surface area contributed by atoms with Gasteiger partial charge in [-0.05, 0) is 13.8 Å². The average Bonchev–Trinajstić information content (AvgIpc) is 1.82. The second-order valence-corrected chi connectivity index (χ2v) is 2.14. The summed E-state index contributed by atoms with van der Waals surface area (Å²) in [5.41, 5.74) is 3.02. The quantitative estimate of drug-likeness (QED) is 0.335. The van der Waals surface area contributed by atoms with E-state index in [2.05, 4.69) is 5.43 Å². The molecule has 0 amide bonds. The van der Waals surface area contributed by atoms with Crippen LogP contribution in [-0.2, 0) is 0 Å². The van der Waals surface area contributed by atoms with Gasteiger partial charge in [0.05, 0.1) is 6.34 Å². The summed E-state index contributed by atoms with van der Waals surface area (Å²) < 4.78 is 0. The molecule has 54 valence electrons. The van der Waals surface area contributed by atoms with Crippen LogP contribution in [0.5, 0.6) is 0 Å². The summed E-state index contributed by atoms with van der Waals surface area (Å²) in [7, 11) is 0. The van der Waals surface area contributed by atoms with Gasteiger partial charge in [0.25, 0.3) is 0 Å². The van der Waals surface area contributed by atoms with Crippen molar-refractivity contribution in [2.75, 3.05) is 6.54 Å². The molecule has 0 unspecified atom stereocenters.